The maximum atomic E-state index is 6.09. The van der Waals surface area contributed by atoms with E-state index in [0.717, 1.165) is 22.7 Å². The Kier molecular flexibility index (Phi) is 5.70. The average Bonchev–Trinajstić information content (AvgIpc) is 2.70. The molecule has 92 valence electrons. The summed E-state index contributed by atoms with van der Waals surface area (Å²) >= 11 is 13.5. The van der Waals surface area contributed by atoms with E-state index < -0.39 is 0 Å². The van der Waals surface area contributed by atoms with Crippen molar-refractivity contribution in [3.8, 4) is 0 Å². The normalized spacial score (nSPS) is 10.1. The van der Waals surface area contributed by atoms with Crippen LogP contribution in [-0.2, 0) is 13.0 Å². The van der Waals surface area contributed by atoms with E-state index in [1.807, 2.05) is 17.5 Å². The first-order valence-electron chi connectivity index (χ1n) is 4.76. The van der Waals surface area contributed by atoms with Gasteiger partial charge >= 0.3 is 0 Å². The smallest absolute Gasteiger partial charge is 0.0973 e. The summed E-state index contributed by atoms with van der Waals surface area (Å²) in [7, 11) is 0. The predicted octanol–water partition coefficient (Wildman–Crippen LogP) is 3.92. The number of aromatic nitrogens is 1. The molecule has 2 rings (SSSR count). The first-order valence-corrected chi connectivity index (χ1v) is 6.40. The molecule has 0 radical (unpaired) electrons. The second-order valence-corrected chi connectivity index (χ2v) is 5.14. The molecule has 0 aliphatic carbocycles. The first-order chi connectivity index (χ1) is 7.69. The zero-order valence-corrected chi connectivity index (χ0v) is 12.0. The van der Waals surface area contributed by atoms with E-state index in [-0.39, 0.29) is 12.4 Å². The fourth-order valence-electron chi connectivity index (χ4n) is 1.35. The number of nitrogens with zero attached hydrogens (tertiary/aromatic N) is 1. The molecule has 0 atom stereocenters. The predicted molar refractivity (Wildman–Crippen MR) is 76.5 cm³/mol. The maximum absolute atomic E-state index is 6.09. The number of thiazole rings is 1. The van der Waals surface area contributed by atoms with Gasteiger partial charge in [-0.2, -0.15) is 0 Å². The van der Waals surface area contributed by atoms with E-state index in [9.17, 15) is 0 Å². The van der Waals surface area contributed by atoms with Gasteiger partial charge in [-0.3, -0.25) is 0 Å². The highest BCUT2D eigenvalue weighted by atomic mass is 35.5. The fourth-order valence-corrected chi connectivity index (χ4v) is 2.66. The van der Waals surface area contributed by atoms with Crippen LogP contribution < -0.4 is 5.73 Å². The Hall–Kier alpha value is -0.320. The highest BCUT2D eigenvalue weighted by Gasteiger charge is 2.06. The van der Waals surface area contributed by atoms with Crippen LogP contribution in [0.5, 0.6) is 0 Å². The van der Waals surface area contributed by atoms with Gasteiger partial charge in [0.15, 0.2) is 0 Å². The maximum Gasteiger partial charge on any atom is 0.0973 e. The molecule has 0 unspecified atom stereocenters. The van der Waals surface area contributed by atoms with Crippen LogP contribution in [0, 0.1) is 0 Å². The minimum Gasteiger partial charge on any atom is -0.325 e. The molecular weight excluding hydrogens is 299 g/mol. The average molecular weight is 310 g/mol. The standard InChI is InChI=1S/C11H10Cl2N2S.ClH/c12-8-2-1-7(10(13)4-8)3-11-15-9(5-14)6-16-11;/h1-2,4,6H,3,5,14H2;1H. The van der Waals surface area contributed by atoms with E-state index in [2.05, 4.69) is 4.98 Å². The van der Waals surface area contributed by atoms with E-state index in [4.69, 9.17) is 28.9 Å². The Morgan fingerprint density at radius 3 is 2.65 bits per heavy atom. The van der Waals surface area contributed by atoms with Crippen molar-refractivity contribution in [3.05, 3.63) is 49.9 Å². The molecule has 2 aromatic rings. The second kappa shape index (κ2) is 6.57. The molecule has 0 aliphatic rings. The van der Waals surface area contributed by atoms with Gasteiger partial charge in [-0.25, -0.2) is 4.98 Å². The van der Waals surface area contributed by atoms with Gasteiger partial charge in [0.25, 0.3) is 0 Å². The molecule has 1 aromatic carbocycles. The lowest BCUT2D eigenvalue weighted by atomic mass is 10.1. The summed E-state index contributed by atoms with van der Waals surface area (Å²) in [6, 6.07) is 5.50. The lowest BCUT2D eigenvalue weighted by Crippen LogP contribution is -1.97. The Balaban J connectivity index is 0.00000144. The first kappa shape index (κ1) is 14.7. The van der Waals surface area contributed by atoms with Crippen molar-refractivity contribution >= 4 is 46.9 Å². The van der Waals surface area contributed by atoms with Crippen molar-refractivity contribution in [3.63, 3.8) is 0 Å². The van der Waals surface area contributed by atoms with Crippen LogP contribution in [-0.4, -0.2) is 4.98 Å². The van der Waals surface area contributed by atoms with Crippen molar-refractivity contribution < 1.29 is 0 Å². The zero-order chi connectivity index (χ0) is 11.5. The van der Waals surface area contributed by atoms with Gasteiger partial charge in [0.2, 0.25) is 0 Å². The molecule has 2 N–H and O–H groups in total. The summed E-state index contributed by atoms with van der Waals surface area (Å²) in [5, 5.41) is 4.32. The number of halogens is 3. The van der Waals surface area contributed by atoms with Crippen LogP contribution in [0.3, 0.4) is 0 Å². The lowest BCUT2D eigenvalue weighted by molar-refractivity contribution is 0.982. The third-order valence-electron chi connectivity index (χ3n) is 2.17. The van der Waals surface area contributed by atoms with Crippen molar-refractivity contribution in [2.24, 2.45) is 5.73 Å². The molecule has 0 amide bonds. The van der Waals surface area contributed by atoms with E-state index >= 15 is 0 Å². The molecule has 0 saturated carbocycles. The van der Waals surface area contributed by atoms with E-state index in [1.165, 1.54) is 0 Å². The van der Waals surface area contributed by atoms with Gasteiger partial charge in [-0.15, -0.1) is 23.7 Å². The minimum atomic E-state index is 0. The molecule has 0 bridgehead atoms. The van der Waals surface area contributed by atoms with Crippen LogP contribution in [0.1, 0.15) is 16.3 Å². The summed E-state index contributed by atoms with van der Waals surface area (Å²) < 4.78 is 0. The highest BCUT2D eigenvalue weighted by molar-refractivity contribution is 7.09. The van der Waals surface area contributed by atoms with Gasteiger partial charge in [0.05, 0.1) is 10.7 Å². The number of nitrogens with two attached hydrogens (primary N) is 1. The minimum absolute atomic E-state index is 0. The third kappa shape index (κ3) is 3.83. The molecule has 17 heavy (non-hydrogen) atoms. The molecule has 0 fully saturated rings. The summed E-state index contributed by atoms with van der Waals surface area (Å²) in [5.74, 6) is 0. The number of rotatable bonds is 3. The molecule has 1 aromatic heterocycles. The Bertz CT molecular complexity index is 499. The quantitative estimate of drug-likeness (QED) is 0.933. The molecule has 2 nitrogen and oxygen atoms in total. The van der Waals surface area contributed by atoms with Crippen LogP contribution in [0.2, 0.25) is 10.0 Å². The topological polar surface area (TPSA) is 38.9 Å². The molecular formula is C11H11Cl3N2S. The largest absolute Gasteiger partial charge is 0.325 e. The zero-order valence-electron chi connectivity index (χ0n) is 8.82. The Morgan fingerprint density at radius 1 is 1.29 bits per heavy atom. The molecule has 0 spiro atoms. The Labute approximate surface area is 120 Å². The van der Waals surface area contributed by atoms with Gasteiger partial charge < -0.3 is 5.73 Å². The fraction of sp³-hybridized carbons (Fsp3) is 0.182. The lowest BCUT2D eigenvalue weighted by Gasteiger charge is -2.01. The van der Waals surface area contributed by atoms with Crippen molar-refractivity contribution in [1.82, 2.24) is 4.98 Å². The van der Waals surface area contributed by atoms with Crippen LogP contribution in [0.15, 0.2) is 23.6 Å². The number of hydrogen-bond donors (Lipinski definition) is 1. The van der Waals surface area contributed by atoms with Gasteiger partial charge in [-0.1, -0.05) is 29.3 Å². The van der Waals surface area contributed by atoms with Crippen molar-refractivity contribution in [2.75, 3.05) is 0 Å². The third-order valence-corrected chi connectivity index (χ3v) is 3.65. The molecule has 0 aliphatic heterocycles. The van der Waals surface area contributed by atoms with Crippen LogP contribution in [0.25, 0.3) is 0 Å². The van der Waals surface area contributed by atoms with Gasteiger partial charge in [0, 0.05) is 28.4 Å². The van der Waals surface area contributed by atoms with E-state index in [0.29, 0.717) is 16.6 Å². The molecule has 6 heteroatoms. The second-order valence-electron chi connectivity index (χ2n) is 3.35. The SMILES string of the molecule is Cl.NCc1csc(Cc2ccc(Cl)cc2Cl)n1. The summed E-state index contributed by atoms with van der Waals surface area (Å²) in [5.41, 5.74) is 7.46. The number of hydrogen-bond acceptors (Lipinski definition) is 3. The highest BCUT2D eigenvalue weighted by Crippen LogP contribution is 2.24. The summed E-state index contributed by atoms with van der Waals surface area (Å²) in [6.45, 7) is 0.477. The van der Waals surface area contributed by atoms with Gasteiger partial charge in [-0.05, 0) is 17.7 Å². The molecule has 0 saturated heterocycles. The monoisotopic (exact) mass is 308 g/mol. The summed E-state index contributed by atoms with van der Waals surface area (Å²) in [4.78, 5) is 4.39. The Morgan fingerprint density at radius 2 is 2.06 bits per heavy atom. The van der Waals surface area contributed by atoms with Crippen LogP contribution >= 0.6 is 46.9 Å². The molecule has 1 heterocycles. The number of benzene rings is 1. The van der Waals surface area contributed by atoms with Crippen molar-refractivity contribution in [2.45, 2.75) is 13.0 Å². The van der Waals surface area contributed by atoms with E-state index in [1.54, 1.807) is 17.4 Å². The van der Waals surface area contributed by atoms with Crippen LogP contribution in [0.4, 0.5) is 0 Å². The van der Waals surface area contributed by atoms with Crippen molar-refractivity contribution in [1.29, 1.82) is 0 Å². The van der Waals surface area contributed by atoms with Gasteiger partial charge in [0.1, 0.15) is 0 Å². The summed E-state index contributed by atoms with van der Waals surface area (Å²) in [6.07, 6.45) is 0.723.